The number of H-pyrrole nitrogens is 1. The number of hydrogen-bond acceptors (Lipinski definition) is 4. The average Bonchev–Trinajstić information content (AvgIpc) is 3.17. The van der Waals surface area contributed by atoms with E-state index in [2.05, 4.69) is 20.2 Å². The Labute approximate surface area is 136 Å². The Morgan fingerprint density at radius 3 is 2.74 bits per heavy atom. The molecule has 1 saturated heterocycles. The van der Waals surface area contributed by atoms with E-state index in [0.29, 0.717) is 5.92 Å². The highest BCUT2D eigenvalue weighted by molar-refractivity contribution is 5.81. The van der Waals surface area contributed by atoms with Gasteiger partial charge in [0.15, 0.2) is 0 Å². The van der Waals surface area contributed by atoms with Gasteiger partial charge in [0.25, 0.3) is 0 Å². The van der Waals surface area contributed by atoms with Crippen molar-refractivity contribution in [1.29, 1.82) is 0 Å². The van der Waals surface area contributed by atoms with Gasteiger partial charge >= 0.3 is 0 Å². The molecule has 23 heavy (non-hydrogen) atoms. The van der Waals surface area contributed by atoms with Crippen LogP contribution >= 0.6 is 0 Å². The molecule has 0 bridgehead atoms. The van der Waals surface area contributed by atoms with Crippen LogP contribution < -0.4 is 0 Å². The first-order valence-electron chi connectivity index (χ1n) is 8.03. The number of rotatable bonds is 3. The van der Waals surface area contributed by atoms with Crippen molar-refractivity contribution < 1.29 is 4.79 Å². The lowest BCUT2D eigenvalue weighted by atomic mass is 9.95. The number of nitrogens with zero attached hydrogens (tertiary/aromatic N) is 4. The summed E-state index contributed by atoms with van der Waals surface area (Å²) in [7, 11) is 0. The molecule has 2 aromatic heterocycles. The van der Waals surface area contributed by atoms with Gasteiger partial charge in [-0.25, -0.2) is 0 Å². The summed E-state index contributed by atoms with van der Waals surface area (Å²) in [5.41, 5.74) is 2.43. The molecule has 0 radical (unpaired) electrons. The minimum absolute atomic E-state index is 0.237. The molecule has 1 atom stereocenters. The third-order valence-corrected chi connectivity index (χ3v) is 4.21. The SMILES string of the molecule is CC(C)(C)C(=O)N1CC[C@@H](Cc2cnc(-c3cn[nH]c3)cn2)C1. The second-order valence-electron chi connectivity index (χ2n) is 7.24. The summed E-state index contributed by atoms with van der Waals surface area (Å²) >= 11 is 0. The summed E-state index contributed by atoms with van der Waals surface area (Å²) in [6.07, 6.45) is 9.05. The summed E-state index contributed by atoms with van der Waals surface area (Å²) in [6, 6.07) is 0. The maximum atomic E-state index is 12.3. The van der Waals surface area contributed by atoms with Gasteiger partial charge in [0.1, 0.15) is 0 Å². The van der Waals surface area contributed by atoms with Crippen LogP contribution in [0.25, 0.3) is 11.3 Å². The van der Waals surface area contributed by atoms with E-state index in [1.165, 1.54) is 0 Å². The maximum absolute atomic E-state index is 12.3. The first kappa shape index (κ1) is 15.6. The molecule has 2 aromatic rings. The molecule has 3 rings (SSSR count). The molecular weight excluding hydrogens is 290 g/mol. The van der Waals surface area contributed by atoms with Gasteiger partial charge in [-0.2, -0.15) is 5.10 Å². The van der Waals surface area contributed by atoms with Crippen molar-refractivity contribution >= 4 is 5.91 Å². The van der Waals surface area contributed by atoms with Crippen LogP contribution in [0.1, 0.15) is 32.9 Å². The van der Waals surface area contributed by atoms with Gasteiger partial charge < -0.3 is 4.90 Å². The first-order valence-corrected chi connectivity index (χ1v) is 8.03. The van der Waals surface area contributed by atoms with Crippen LogP contribution in [0.4, 0.5) is 0 Å². The van der Waals surface area contributed by atoms with E-state index in [1.807, 2.05) is 31.9 Å². The zero-order valence-electron chi connectivity index (χ0n) is 13.9. The smallest absolute Gasteiger partial charge is 0.227 e. The molecule has 6 heteroatoms. The Kier molecular flexibility index (Phi) is 4.15. The van der Waals surface area contributed by atoms with Gasteiger partial charge in [-0.3, -0.25) is 19.9 Å². The number of likely N-dealkylation sites (tertiary alicyclic amines) is 1. The van der Waals surface area contributed by atoms with Crippen molar-refractivity contribution in [2.45, 2.75) is 33.6 Å². The maximum Gasteiger partial charge on any atom is 0.227 e. The van der Waals surface area contributed by atoms with Crippen molar-refractivity contribution in [3.05, 3.63) is 30.5 Å². The summed E-state index contributed by atoms with van der Waals surface area (Å²) in [5.74, 6) is 0.705. The lowest BCUT2D eigenvalue weighted by molar-refractivity contribution is -0.138. The number of amides is 1. The predicted octanol–water partition coefficient (Wildman–Crippen LogP) is 2.30. The average molecular weight is 313 g/mol. The van der Waals surface area contributed by atoms with E-state index in [0.717, 1.165) is 42.9 Å². The zero-order chi connectivity index (χ0) is 16.4. The Morgan fingerprint density at radius 2 is 2.13 bits per heavy atom. The van der Waals surface area contributed by atoms with Crippen LogP contribution in [-0.2, 0) is 11.2 Å². The fourth-order valence-corrected chi connectivity index (χ4v) is 2.95. The molecule has 1 aliphatic rings. The summed E-state index contributed by atoms with van der Waals surface area (Å²) < 4.78 is 0. The largest absolute Gasteiger partial charge is 0.342 e. The van der Waals surface area contributed by atoms with Crippen LogP contribution in [0.3, 0.4) is 0 Å². The highest BCUT2D eigenvalue weighted by Crippen LogP contribution is 2.25. The third-order valence-electron chi connectivity index (χ3n) is 4.21. The lowest BCUT2D eigenvalue weighted by Crippen LogP contribution is -2.38. The number of carbonyl (C=O) groups excluding carboxylic acids is 1. The quantitative estimate of drug-likeness (QED) is 0.943. The molecule has 0 aliphatic carbocycles. The van der Waals surface area contributed by atoms with Crippen LogP contribution in [-0.4, -0.2) is 44.1 Å². The number of nitrogens with one attached hydrogen (secondary N) is 1. The van der Waals surface area contributed by atoms with E-state index >= 15 is 0 Å². The molecule has 0 aromatic carbocycles. The predicted molar refractivity (Wildman–Crippen MR) is 87.5 cm³/mol. The zero-order valence-corrected chi connectivity index (χ0v) is 13.9. The molecule has 122 valence electrons. The molecule has 1 aliphatic heterocycles. The Hall–Kier alpha value is -2.24. The summed E-state index contributed by atoms with van der Waals surface area (Å²) in [4.78, 5) is 23.3. The Balaban J connectivity index is 1.59. The van der Waals surface area contributed by atoms with Gasteiger partial charge in [-0.15, -0.1) is 0 Å². The van der Waals surface area contributed by atoms with Gasteiger partial charge in [0, 0.05) is 36.5 Å². The number of carbonyl (C=O) groups is 1. The summed E-state index contributed by atoms with van der Waals surface area (Å²) in [6.45, 7) is 7.59. The molecule has 0 saturated carbocycles. The Morgan fingerprint density at radius 1 is 1.30 bits per heavy atom. The second kappa shape index (κ2) is 6.10. The molecule has 0 spiro atoms. The van der Waals surface area contributed by atoms with E-state index in [9.17, 15) is 4.79 Å². The lowest BCUT2D eigenvalue weighted by Gasteiger charge is -2.25. The highest BCUT2D eigenvalue weighted by atomic mass is 16.2. The molecule has 1 N–H and O–H groups in total. The van der Waals surface area contributed by atoms with E-state index < -0.39 is 0 Å². The molecule has 0 unspecified atom stereocenters. The van der Waals surface area contributed by atoms with Gasteiger partial charge in [0.05, 0.1) is 23.8 Å². The molecular formula is C17H23N5O. The molecule has 6 nitrogen and oxygen atoms in total. The normalized spacial score (nSPS) is 18.4. The highest BCUT2D eigenvalue weighted by Gasteiger charge is 2.32. The first-order chi connectivity index (χ1) is 10.9. The van der Waals surface area contributed by atoms with Crippen molar-refractivity contribution in [2.24, 2.45) is 11.3 Å². The summed E-state index contributed by atoms with van der Waals surface area (Å²) in [5, 5.41) is 6.69. The van der Waals surface area contributed by atoms with Crippen LogP contribution in [0.5, 0.6) is 0 Å². The molecule has 3 heterocycles. The van der Waals surface area contributed by atoms with Crippen LogP contribution in [0.15, 0.2) is 24.8 Å². The standard InChI is InChI=1S/C17H23N5O/c1-17(2,3)16(23)22-5-4-12(11-22)6-14-9-19-15(10-18-14)13-7-20-21-8-13/h7-10,12H,4-6,11H2,1-3H3,(H,20,21)/t12-/m0/s1. The van der Waals surface area contributed by atoms with Gasteiger partial charge in [-0.1, -0.05) is 20.8 Å². The van der Waals surface area contributed by atoms with Gasteiger partial charge in [-0.05, 0) is 18.8 Å². The van der Waals surface area contributed by atoms with Crippen molar-refractivity contribution in [1.82, 2.24) is 25.1 Å². The van der Waals surface area contributed by atoms with Crippen LogP contribution in [0.2, 0.25) is 0 Å². The van der Waals surface area contributed by atoms with E-state index in [1.54, 1.807) is 18.6 Å². The van der Waals surface area contributed by atoms with Gasteiger partial charge in [0.2, 0.25) is 5.91 Å². The van der Waals surface area contributed by atoms with Crippen molar-refractivity contribution in [3.63, 3.8) is 0 Å². The minimum atomic E-state index is -0.305. The second-order valence-corrected chi connectivity index (χ2v) is 7.24. The molecule has 1 fully saturated rings. The topological polar surface area (TPSA) is 74.8 Å². The number of aromatic nitrogens is 4. The number of hydrogen-bond donors (Lipinski definition) is 1. The van der Waals surface area contributed by atoms with Crippen molar-refractivity contribution in [3.8, 4) is 11.3 Å². The third kappa shape index (κ3) is 3.57. The van der Waals surface area contributed by atoms with Crippen molar-refractivity contribution in [2.75, 3.05) is 13.1 Å². The fourth-order valence-electron chi connectivity index (χ4n) is 2.95. The monoisotopic (exact) mass is 313 g/mol. The van der Waals surface area contributed by atoms with E-state index in [-0.39, 0.29) is 11.3 Å². The fraction of sp³-hybridized carbons (Fsp3) is 0.529. The molecule has 1 amide bonds. The minimum Gasteiger partial charge on any atom is -0.342 e. The Bertz CT molecular complexity index is 657. The van der Waals surface area contributed by atoms with E-state index in [4.69, 9.17) is 0 Å². The van der Waals surface area contributed by atoms with Crippen LogP contribution in [0, 0.1) is 11.3 Å². The number of aromatic amines is 1.